The molecule has 1 amide bonds. The van der Waals surface area contributed by atoms with E-state index in [1.54, 1.807) is 6.26 Å². The number of rotatable bonds is 4. The Morgan fingerprint density at radius 1 is 1.27 bits per heavy atom. The molecule has 0 spiro atoms. The van der Waals surface area contributed by atoms with Crippen molar-refractivity contribution in [2.24, 2.45) is 0 Å². The van der Waals surface area contributed by atoms with E-state index in [-0.39, 0.29) is 5.24 Å². The largest absolute Gasteiger partial charge is 0.489 e. The molecule has 0 aliphatic heterocycles. The minimum Gasteiger partial charge on any atom is -0.489 e. The Hall–Kier alpha value is -1.21. The van der Waals surface area contributed by atoms with Gasteiger partial charge in [0.1, 0.15) is 12.4 Å². The molecule has 1 N–H and O–H groups in total. The molecule has 0 aliphatic rings. The lowest BCUT2D eigenvalue weighted by atomic mass is 10.1. The maximum Gasteiger partial charge on any atom is 0.283 e. The van der Waals surface area contributed by atoms with E-state index in [0.29, 0.717) is 6.61 Å². The molecule has 0 aromatic heterocycles. The van der Waals surface area contributed by atoms with Gasteiger partial charge in [-0.15, -0.1) is 0 Å². The number of hydrogen-bond donors (Lipinski definition) is 1. The molecule has 0 unspecified atom stereocenters. The summed E-state index contributed by atoms with van der Waals surface area (Å²) < 4.78 is 6.93. The maximum absolute atomic E-state index is 11.7. The Bertz CT molecular complexity index is 688. The number of benzene rings is 2. The molecular formula is C17H18INO2S. The minimum atomic E-state index is -0.0723. The van der Waals surface area contributed by atoms with E-state index in [4.69, 9.17) is 4.74 Å². The predicted molar refractivity (Wildman–Crippen MR) is 102 cm³/mol. The molecule has 116 valence electrons. The number of nitrogens with one attached hydrogen (secondary N) is 1. The first-order valence-electron chi connectivity index (χ1n) is 6.83. The topological polar surface area (TPSA) is 38.3 Å². The van der Waals surface area contributed by atoms with E-state index in [1.165, 1.54) is 5.56 Å². The fourth-order valence-corrected chi connectivity index (χ4v) is 2.99. The highest BCUT2D eigenvalue weighted by atomic mass is 127. The SMILES string of the molecule is CSC(=O)Nc1c(I)cccc1COc1ccc(C)cc1C. The lowest BCUT2D eigenvalue weighted by molar-refractivity contribution is 0.269. The molecule has 0 fully saturated rings. The van der Waals surface area contributed by atoms with Gasteiger partial charge in [0.2, 0.25) is 0 Å². The van der Waals surface area contributed by atoms with Crippen molar-refractivity contribution in [2.75, 3.05) is 11.6 Å². The second kappa shape index (κ2) is 7.87. The standard InChI is InChI=1S/C17H18INO2S/c1-11-7-8-15(12(2)9-11)21-10-13-5-4-6-14(18)16(13)19-17(20)22-3/h4-9H,10H2,1-3H3,(H,19,20). The summed E-state index contributed by atoms with van der Waals surface area (Å²) in [5, 5.41) is 2.85. The van der Waals surface area contributed by atoms with Crippen molar-refractivity contribution in [3.8, 4) is 5.75 Å². The number of ether oxygens (including phenoxy) is 1. The van der Waals surface area contributed by atoms with Crippen molar-refractivity contribution in [2.45, 2.75) is 20.5 Å². The van der Waals surface area contributed by atoms with E-state index >= 15 is 0 Å². The number of para-hydroxylation sites is 1. The van der Waals surface area contributed by atoms with Gasteiger partial charge in [-0.3, -0.25) is 4.79 Å². The third-order valence-corrected chi connectivity index (χ3v) is 4.60. The first kappa shape index (κ1) is 17.1. The van der Waals surface area contributed by atoms with Crippen molar-refractivity contribution in [3.05, 3.63) is 56.7 Å². The molecule has 0 heterocycles. The van der Waals surface area contributed by atoms with Crippen LogP contribution in [0.3, 0.4) is 0 Å². The molecule has 0 bridgehead atoms. The predicted octanol–water partition coefficient (Wildman–Crippen LogP) is 5.38. The van der Waals surface area contributed by atoms with Crippen LogP contribution in [0.25, 0.3) is 0 Å². The summed E-state index contributed by atoms with van der Waals surface area (Å²) in [6.07, 6.45) is 1.76. The van der Waals surface area contributed by atoms with Gasteiger partial charge in [0.25, 0.3) is 5.24 Å². The van der Waals surface area contributed by atoms with Crippen molar-refractivity contribution in [1.82, 2.24) is 0 Å². The first-order valence-corrected chi connectivity index (χ1v) is 9.14. The zero-order valence-corrected chi connectivity index (χ0v) is 15.7. The normalized spacial score (nSPS) is 10.4. The molecule has 0 atom stereocenters. The van der Waals surface area contributed by atoms with Crippen LogP contribution in [-0.2, 0) is 6.61 Å². The van der Waals surface area contributed by atoms with Crippen LogP contribution in [0.5, 0.6) is 5.75 Å². The molecule has 0 saturated heterocycles. The van der Waals surface area contributed by atoms with Crippen LogP contribution < -0.4 is 10.1 Å². The second-order valence-electron chi connectivity index (χ2n) is 4.95. The molecule has 0 saturated carbocycles. The van der Waals surface area contributed by atoms with Crippen molar-refractivity contribution in [3.63, 3.8) is 0 Å². The number of thioether (sulfide) groups is 1. The zero-order chi connectivity index (χ0) is 16.1. The fraction of sp³-hybridized carbons (Fsp3) is 0.235. The summed E-state index contributed by atoms with van der Waals surface area (Å²) in [7, 11) is 0. The van der Waals surface area contributed by atoms with Gasteiger partial charge >= 0.3 is 0 Å². The van der Waals surface area contributed by atoms with Crippen LogP contribution in [0.2, 0.25) is 0 Å². The lowest BCUT2D eigenvalue weighted by Crippen LogP contribution is -2.10. The van der Waals surface area contributed by atoms with E-state index in [1.807, 2.05) is 37.3 Å². The maximum atomic E-state index is 11.7. The molecule has 5 heteroatoms. The Labute approximate surface area is 149 Å². The van der Waals surface area contributed by atoms with Gasteiger partial charge in [0, 0.05) is 9.13 Å². The van der Waals surface area contributed by atoms with Crippen LogP contribution in [0.4, 0.5) is 10.5 Å². The van der Waals surface area contributed by atoms with Crippen LogP contribution >= 0.6 is 34.4 Å². The van der Waals surface area contributed by atoms with Crippen LogP contribution in [0, 0.1) is 17.4 Å². The number of carbonyl (C=O) groups is 1. The summed E-state index contributed by atoms with van der Waals surface area (Å²) in [4.78, 5) is 11.7. The number of carbonyl (C=O) groups excluding carboxylic acids is 1. The molecule has 2 aromatic rings. The van der Waals surface area contributed by atoms with E-state index in [2.05, 4.69) is 40.9 Å². The van der Waals surface area contributed by atoms with Gasteiger partial charge in [-0.25, -0.2) is 0 Å². The number of aryl methyl sites for hydroxylation is 2. The van der Waals surface area contributed by atoms with Gasteiger partial charge in [-0.05, 0) is 60.4 Å². The Morgan fingerprint density at radius 2 is 2.05 bits per heavy atom. The fourth-order valence-electron chi connectivity index (χ4n) is 2.10. The van der Waals surface area contributed by atoms with Gasteiger partial charge in [-0.1, -0.05) is 41.6 Å². The molecule has 0 aliphatic carbocycles. The highest BCUT2D eigenvalue weighted by Gasteiger charge is 2.11. The third-order valence-electron chi connectivity index (χ3n) is 3.23. The second-order valence-corrected chi connectivity index (χ2v) is 6.89. The summed E-state index contributed by atoms with van der Waals surface area (Å²) in [6.45, 7) is 4.52. The number of amides is 1. The number of hydrogen-bond acceptors (Lipinski definition) is 3. The van der Waals surface area contributed by atoms with E-state index in [9.17, 15) is 4.79 Å². The Balaban J connectivity index is 2.18. The molecule has 22 heavy (non-hydrogen) atoms. The average Bonchev–Trinajstić information content (AvgIpc) is 2.49. The molecule has 3 nitrogen and oxygen atoms in total. The van der Waals surface area contributed by atoms with Gasteiger partial charge < -0.3 is 10.1 Å². The monoisotopic (exact) mass is 427 g/mol. The summed E-state index contributed by atoms with van der Waals surface area (Å²) in [5.41, 5.74) is 4.12. The van der Waals surface area contributed by atoms with Gasteiger partial charge in [0.05, 0.1) is 5.69 Å². The highest BCUT2D eigenvalue weighted by molar-refractivity contribution is 14.1. The molecule has 2 rings (SSSR count). The first-order chi connectivity index (χ1) is 10.5. The summed E-state index contributed by atoms with van der Waals surface area (Å²) in [5.74, 6) is 0.867. The quantitative estimate of drug-likeness (QED) is 0.666. The number of anilines is 1. The average molecular weight is 427 g/mol. The van der Waals surface area contributed by atoms with Gasteiger partial charge in [-0.2, -0.15) is 0 Å². The van der Waals surface area contributed by atoms with Gasteiger partial charge in [0.15, 0.2) is 0 Å². The minimum absolute atomic E-state index is 0.0723. The van der Waals surface area contributed by atoms with E-state index < -0.39 is 0 Å². The molecule has 2 aromatic carbocycles. The smallest absolute Gasteiger partial charge is 0.283 e. The Morgan fingerprint density at radius 3 is 2.73 bits per heavy atom. The lowest BCUT2D eigenvalue weighted by Gasteiger charge is -2.14. The molecular weight excluding hydrogens is 409 g/mol. The molecule has 0 radical (unpaired) electrons. The third kappa shape index (κ3) is 4.39. The van der Waals surface area contributed by atoms with Crippen LogP contribution in [-0.4, -0.2) is 11.5 Å². The number of halogens is 1. The summed E-state index contributed by atoms with van der Waals surface area (Å²) >= 11 is 3.38. The van der Waals surface area contributed by atoms with Crippen molar-refractivity contribution < 1.29 is 9.53 Å². The van der Waals surface area contributed by atoms with Crippen molar-refractivity contribution in [1.29, 1.82) is 0 Å². The Kier molecular flexibility index (Phi) is 6.14. The van der Waals surface area contributed by atoms with Crippen LogP contribution in [0.1, 0.15) is 16.7 Å². The summed E-state index contributed by atoms with van der Waals surface area (Å²) in [6, 6.07) is 12.0. The van der Waals surface area contributed by atoms with Crippen molar-refractivity contribution >= 4 is 45.3 Å². The van der Waals surface area contributed by atoms with E-state index in [0.717, 1.165) is 37.9 Å². The zero-order valence-electron chi connectivity index (χ0n) is 12.8. The highest BCUT2D eigenvalue weighted by Crippen LogP contribution is 2.26. The van der Waals surface area contributed by atoms with Crippen LogP contribution in [0.15, 0.2) is 36.4 Å².